The Morgan fingerprint density at radius 3 is 2.00 bits per heavy atom. The minimum absolute atomic E-state index is 0.0877. The Hall–Kier alpha value is -3.54. The fourth-order valence-corrected chi connectivity index (χ4v) is 4.91. The Morgan fingerprint density at radius 2 is 1.49 bits per heavy atom. The molecule has 0 radical (unpaired) electrons. The van der Waals surface area contributed by atoms with Gasteiger partial charge >= 0.3 is 11.9 Å². The molecule has 2 aromatic rings. The number of rotatable bonds is 9. The van der Waals surface area contributed by atoms with Gasteiger partial charge in [-0.1, -0.05) is 38.1 Å². The summed E-state index contributed by atoms with van der Waals surface area (Å²) in [6, 6.07) is 14.6. The van der Waals surface area contributed by atoms with Gasteiger partial charge in [-0.25, -0.2) is 14.0 Å². The van der Waals surface area contributed by atoms with Gasteiger partial charge < -0.3 is 29.3 Å². The predicted molar refractivity (Wildman–Crippen MR) is 157 cm³/mol. The highest BCUT2D eigenvalue weighted by molar-refractivity contribution is 6.27. The third kappa shape index (κ3) is 11.2. The van der Waals surface area contributed by atoms with E-state index < -0.39 is 17.7 Å². The second kappa shape index (κ2) is 15.8. The molecule has 2 N–H and O–H groups in total. The van der Waals surface area contributed by atoms with Crippen molar-refractivity contribution in [3.8, 4) is 5.75 Å². The van der Waals surface area contributed by atoms with E-state index in [0.717, 1.165) is 42.8 Å². The highest BCUT2D eigenvalue weighted by Gasteiger charge is 2.35. The fraction of sp³-hybridized carbons (Fsp3) is 0.531. The van der Waals surface area contributed by atoms with Crippen LogP contribution in [0.2, 0.25) is 0 Å². The molecule has 0 spiro atoms. The van der Waals surface area contributed by atoms with Crippen molar-refractivity contribution < 1.29 is 43.2 Å². The summed E-state index contributed by atoms with van der Waals surface area (Å²) in [5.74, 6) is -3.08. The van der Waals surface area contributed by atoms with Crippen molar-refractivity contribution in [2.75, 3.05) is 32.9 Å². The van der Waals surface area contributed by atoms with Crippen LogP contribution in [0.4, 0.5) is 4.39 Å². The van der Waals surface area contributed by atoms with Crippen molar-refractivity contribution >= 4 is 17.8 Å². The third-order valence-electron chi connectivity index (χ3n) is 7.33. The second-order valence-electron chi connectivity index (χ2n) is 11.7. The SMILES string of the molecule is CC(C)COc1ccc(CC(=O)N(Cc2ccc(F)cc2)C2CCN(C3COC(C)(C)OC3)CC2)cc1.O=C(O)C(=O)O. The van der Waals surface area contributed by atoms with Crippen molar-refractivity contribution in [2.24, 2.45) is 5.92 Å². The maximum atomic E-state index is 13.6. The van der Waals surface area contributed by atoms with E-state index in [0.29, 0.717) is 38.7 Å². The molecule has 2 aromatic carbocycles. The average molecular weight is 603 g/mol. The molecule has 0 aromatic heterocycles. The van der Waals surface area contributed by atoms with Crippen LogP contribution in [0.1, 0.15) is 51.7 Å². The van der Waals surface area contributed by atoms with Gasteiger partial charge in [0.1, 0.15) is 11.6 Å². The number of hydrogen-bond acceptors (Lipinski definition) is 7. The average Bonchev–Trinajstić information content (AvgIpc) is 2.97. The third-order valence-corrected chi connectivity index (χ3v) is 7.33. The summed E-state index contributed by atoms with van der Waals surface area (Å²) in [6.07, 6.45) is 2.09. The van der Waals surface area contributed by atoms with E-state index in [1.807, 2.05) is 43.0 Å². The normalized spacial score (nSPS) is 17.5. The summed E-state index contributed by atoms with van der Waals surface area (Å²) in [5, 5.41) is 14.8. The summed E-state index contributed by atoms with van der Waals surface area (Å²) >= 11 is 0. The van der Waals surface area contributed by atoms with E-state index >= 15 is 0 Å². The first-order chi connectivity index (χ1) is 20.3. The van der Waals surface area contributed by atoms with E-state index in [1.54, 1.807) is 12.1 Å². The van der Waals surface area contributed by atoms with Crippen molar-refractivity contribution in [3.63, 3.8) is 0 Å². The zero-order valence-corrected chi connectivity index (χ0v) is 25.3. The van der Waals surface area contributed by atoms with Gasteiger partial charge in [0.05, 0.1) is 32.3 Å². The first-order valence-corrected chi connectivity index (χ1v) is 14.6. The number of ether oxygens (including phenoxy) is 3. The van der Waals surface area contributed by atoms with Crippen LogP contribution in [-0.2, 0) is 36.8 Å². The molecular formula is C32H43FN2O8. The lowest BCUT2D eigenvalue weighted by Gasteiger charge is -2.44. The topological polar surface area (TPSA) is 126 Å². The maximum absolute atomic E-state index is 13.6. The van der Waals surface area contributed by atoms with E-state index in [4.69, 9.17) is 34.0 Å². The number of hydrogen-bond donors (Lipinski definition) is 2. The predicted octanol–water partition coefficient (Wildman–Crippen LogP) is 4.20. The number of carbonyl (C=O) groups is 3. The smallest absolute Gasteiger partial charge is 0.414 e. The molecule has 0 atom stereocenters. The van der Waals surface area contributed by atoms with Gasteiger partial charge in [-0.05, 0) is 68.0 Å². The molecular weight excluding hydrogens is 559 g/mol. The zero-order chi connectivity index (χ0) is 31.6. The molecule has 2 aliphatic rings. The van der Waals surface area contributed by atoms with Crippen molar-refractivity contribution in [2.45, 2.75) is 71.4 Å². The summed E-state index contributed by atoms with van der Waals surface area (Å²) in [7, 11) is 0. The molecule has 11 heteroatoms. The number of likely N-dealkylation sites (tertiary alicyclic amines) is 1. The molecule has 43 heavy (non-hydrogen) atoms. The van der Waals surface area contributed by atoms with Crippen LogP contribution in [0.25, 0.3) is 0 Å². The summed E-state index contributed by atoms with van der Waals surface area (Å²) in [6.45, 7) is 12.4. The molecule has 0 bridgehead atoms. The Labute approximate surface area is 252 Å². The van der Waals surface area contributed by atoms with Crippen LogP contribution < -0.4 is 4.74 Å². The molecule has 4 rings (SSSR count). The molecule has 0 aliphatic carbocycles. The van der Waals surface area contributed by atoms with Gasteiger partial charge in [-0.2, -0.15) is 0 Å². The molecule has 0 saturated carbocycles. The van der Waals surface area contributed by atoms with Crippen LogP contribution in [0.5, 0.6) is 5.75 Å². The molecule has 10 nitrogen and oxygen atoms in total. The van der Waals surface area contributed by atoms with Gasteiger partial charge in [0.25, 0.3) is 0 Å². The lowest BCUT2D eigenvalue weighted by molar-refractivity contribution is -0.264. The van der Waals surface area contributed by atoms with Crippen molar-refractivity contribution in [3.05, 3.63) is 65.5 Å². The number of benzene rings is 2. The number of nitrogens with zero attached hydrogens (tertiary/aromatic N) is 2. The molecule has 0 unspecified atom stereocenters. The van der Waals surface area contributed by atoms with Crippen molar-refractivity contribution in [1.82, 2.24) is 9.80 Å². The first kappa shape index (κ1) is 34.0. The number of piperidine rings is 1. The number of carboxylic acids is 2. The minimum atomic E-state index is -1.82. The quantitative estimate of drug-likeness (QED) is 0.406. The molecule has 1 amide bonds. The van der Waals surface area contributed by atoms with Crippen LogP contribution in [-0.4, -0.2) is 88.6 Å². The highest BCUT2D eigenvalue weighted by atomic mass is 19.1. The standard InChI is InChI=1S/C30H41FN2O4.C2H2O4/c1-22(2)19-35-28-11-7-23(8-12-28)17-29(34)33(18-24-5-9-25(31)10-6-24)26-13-15-32(16-14-26)27-20-36-30(3,4)37-21-27;3-1(4)2(5)6/h5-12,22,26-27H,13-21H2,1-4H3;(H,3,4)(H,5,6). The van der Waals surface area contributed by atoms with Crippen LogP contribution in [0.3, 0.4) is 0 Å². The van der Waals surface area contributed by atoms with Gasteiger partial charge in [0.2, 0.25) is 5.91 Å². The monoisotopic (exact) mass is 602 g/mol. The molecule has 2 saturated heterocycles. The lowest BCUT2D eigenvalue weighted by atomic mass is 9.99. The molecule has 236 valence electrons. The Bertz CT molecular complexity index is 1170. The largest absolute Gasteiger partial charge is 0.493 e. The Balaban J connectivity index is 0.000000765. The highest BCUT2D eigenvalue weighted by Crippen LogP contribution is 2.26. The Morgan fingerprint density at radius 1 is 0.953 bits per heavy atom. The van der Waals surface area contributed by atoms with Gasteiger partial charge in [0.15, 0.2) is 5.79 Å². The zero-order valence-electron chi connectivity index (χ0n) is 25.3. The fourth-order valence-electron chi connectivity index (χ4n) is 4.91. The lowest BCUT2D eigenvalue weighted by Crippen LogP contribution is -2.55. The van der Waals surface area contributed by atoms with Crippen LogP contribution in [0.15, 0.2) is 48.5 Å². The number of aliphatic carboxylic acids is 2. The van der Waals surface area contributed by atoms with E-state index in [1.165, 1.54) is 12.1 Å². The number of carbonyl (C=O) groups excluding carboxylic acids is 1. The van der Waals surface area contributed by atoms with Gasteiger partial charge in [-0.15, -0.1) is 0 Å². The van der Waals surface area contributed by atoms with Crippen LogP contribution >= 0.6 is 0 Å². The second-order valence-corrected chi connectivity index (χ2v) is 11.7. The van der Waals surface area contributed by atoms with E-state index in [9.17, 15) is 9.18 Å². The molecule has 2 heterocycles. The summed E-state index contributed by atoms with van der Waals surface area (Å²) < 4.78 is 31.0. The summed E-state index contributed by atoms with van der Waals surface area (Å²) in [4.78, 5) is 36.2. The maximum Gasteiger partial charge on any atom is 0.414 e. The van der Waals surface area contributed by atoms with Crippen molar-refractivity contribution in [1.29, 1.82) is 0 Å². The van der Waals surface area contributed by atoms with Gasteiger partial charge in [0, 0.05) is 25.7 Å². The van der Waals surface area contributed by atoms with Crippen LogP contribution in [0, 0.1) is 11.7 Å². The molecule has 2 fully saturated rings. The van der Waals surface area contributed by atoms with E-state index in [2.05, 4.69) is 18.7 Å². The summed E-state index contributed by atoms with van der Waals surface area (Å²) in [5.41, 5.74) is 1.90. The Kier molecular flexibility index (Phi) is 12.5. The molecule has 2 aliphatic heterocycles. The number of halogens is 1. The van der Waals surface area contributed by atoms with Gasteiger partial charge in [-0.3, -0.25) is 9.69 Å². The van der Waals surface area contributed by atoms with E-state index in [-0.39, 0.29) is 23.8 Å². The minimum Gasteiger partial charge on any atom is -0.493 e. The first-order valence-electron chi connectivity index (χ1n) is 14.6. The number of amides is 1. The number of carboxylic acid groups (broad SMARTS) is 2.